The van der Waals surface area contributed by atoms with Crippen LogP contribution in [-0.4, -0.2) is 50.8 Å². The van der Waals surface area contributed by atoms with E-state index in [4.69, 9.17) is 4.74 Å². The molecular formula is C12H26N2O. The summed E-state index contributed by atoms with van der Waals surface area (Å²) in [7, 11) is 2.22. The van der Waals surface area contributed by atoms with Gasteiger partial charge in [0.15, 0.2) is 0 Å². The van der Waals surface area contributed by atoms with E-state index < -0.39 is 0 Å². The van der Waals surface area contributed by atoms with E-state index in [1.54, 1.807) is 0 Å². The Labute approximate surface area is 94.2 Å². The zero-order chi connectivity index (χ0) is 11.1. The van der Waals surface area contributed by atoms with Gasteiger partial charge in [0, 0.05) is 19.2 Å². The Bertz CT molecular complexity index is 164. The predicted octanol–water partition coefficient (Wildman–Crippen LogP) is 1.34. The van der Waals surface area contributed by atoms with Crippen LogP contribution in [0.15, 0.2) is 0 Å². The van der Waals surface area contributed by atoms with Crippen LogP contribution >= 0.6 is 0 Å². The molecule has 1 saturated heterocycles. The molecule has 0 aromatic heterocycles. The van der Waals surface area contributed by atoms with Crippen LogP contribution in [-0.2, 0) is 4.74 Å². The molecule has 0 bridgehead atoms. The molecule has 0 aliphatic carbocycles. The lowest BCUT2D eigenvalue weighted by atomic mass is 9.98. The molecule has 0 spiro atoms. The average Bonchev–Trinajstić information content (AvgIpc) is 2.23. The van der Waals surface area contributed by atoms with Gasteiger partial charge in [0.25, 0.3) is 0 Å². The largest absolute Gasteiger partial charge is 0.380 e. The van der Waals surface area contributed by atoms with Gasteiger partial charge in [0.1, 0.15) is 0 Å². The van der Waals surface area contributed by atoms with Gasteiger partial charge in [0.05, 0.1) is 6.61 Å². The summed E-state index contributed by atoms with van der Waals surface area (Å²) < 4.78 is 5.38. The first-order valence-electron chi connectivity index (χ1n) is 6.22. The summed E-state index contributed by atoms with van der Waals surface area (Å²) in [6.07, 6.45) is 2.72. The van der Waals surface area contributed by atoms with Gasteiger partial charge in [-0.2, -0.15) is 0 Å². The maximum Gasteiger partial charge on any atom is 0.0616 e. The van der Waals surface area contributed by atoms with E-state index in [1.165, 1.54) is 25.9 Å². The minimum absolute atomic E-state index is 0.484. The van der Waals surface area contributed by atoms with E-state index >= 15 is 0 Å². The molecule has 3 nitrogen and oxygen atoms in total. The molecule has 1 aliphatic heterocycles. The minimum atomic E-state index is 0.484. The molecule has 0 radical (unpaired) electrons. The highest BCUT2D eigenvalue weighted by atomic mass is 16.5. The van der Waals surface area contributed by atoms with Gasteiger partial charge in [0.2, 0.25) is 0 Å². The van der Waals surface area contributed by atoms with Gasteiger partial charge in [-0.1, -0.05) is 0 Å². The van der Waals surface area contributed by atoms with Crippen molar-refractivity contribution >= 4 is 0 Å². The molecule has 0 aromatic carbocycles. The summed E-state index contributed by atoms with van der Waals surface area (Å²) in [6.45, 7) is 9.54. The Hall–Kier alpha value is -0.120. The van der Waals surface area contributed by atoms with E-state index in [-0.39, 0.29) is 0 Å². The summed E-state index contributed by atoms with van der Waals surface area (Å²) in [5, 5.41) is 3.56. The third kappa shape index (κ3) is 5.50. The summed E-state index contributed by atoms with van der Waals surface area (Å²) >= 11 is 0. The van der Waals surface area contributed by atoms with Crippen LogP contribution in [0.5, 0.6) is 0 Å². The van der Waals surface area contributed by atoms with E-state index in [9.17, 15) is 0 Å². The first kappa shape index (κ1) is 12.9. The van der Waals surface area contributed by atoms with Crippen molar-refractivity contribution in [3.63, 3.8) is 0 Å². The fraction of sp³-hybridized carbons (Fsp3) is 1.00. The summed E-state index contributed by atoms with van der Waals surface area (Å²) in [6, 6.07) is 0.484. The smallest absolute Gasteiger partial charge is 0.0616 e. The highest BCUT2D eigenvalue weighted by Gasteiger charge is 2.17. The van der Waals surface area contributed by atoms with Gasteiger partial charge in [-0.15, -0.1) is 0 Å². The third-order valence-electron chi connectivity index (χ3n) is 3.05. The molecular weight excluding hydrogens is 188 g/mol. The normalized spacial score (nSPS) is 25.4. The maximum atomic E-state index is 5.38. The van der Waals surface area contributed by atoms with Crippen LogP contribution in [0.25, 0.3) is 0 Å². The standard InChI is InChI=1S/C12H26N2O/c1-4-15-10-11(2)13-8-12-6-5-7-14(3)9-12/h11-13H,4-10H2,1-3H3. The minimum Gasteiger partial charge on any atom is -0.380 e. The van der Waals surface area contributed by atoms with Crippen LogP contribution < -0.4 is 5.32 Å². The molecule has 2 unspecified atom stereocenters. The fourth-order valence-electron chi connectivity index (χ4n) is 2.16. The van der Waals surface area contributed by atoms with Crippen LogP contribution in [0.3, 0.4) is 0 Å². The molecule has 0 saturated carbocycles. The van der Waals surface area contributed by atoms with Gasteiger partial charge >= 0.3 is 0 Å². The van der Waals surface area contributed by atoms with Crippen molar-refractivity contribution in [2.24, 2.45) is 5.92 Å². The molecule has 0 amide bonds. The molecule has 2 atom stereocenters. The van der Waals surface area contributed by atoms with E-state index in [2.05, 4.69) is 24.2 Å². The van der Waals surface area contributed by atoms with E-state index in [1.807, 2.05) is 6.92 Å². The number of hydrogen-bond acceptors (Lipinski definition) is 3. The van der Waals surface area contributed by atoms with E-state index in [0.29, 0.717) is 6.04 Å². The Morgan fingerprint density at radius 2 is 2.33 bits per heavy atom. The Morgan fingerprint density at radius 1 is 1.53 bits per heavy atom. The summed E-state index contributed by atoms with van der Waals surface area (Å²) in [4.78, 5) is 2.43. The molecule has 0 aromatic rings. The first-order chi connectivity index (χ1) is 7.22. The average molecular weight is 214 g/mol. The predicted molar refractivity (Wildman–Crippen MR) is 64.2 cm³/mol. The number of likely N-dealkylation sites (tertiary alicyclic amines) is 1. The van der Waals surface area contributed by atoms with Crippen molar-refractivity contribution in [3.8, 4) is 0 Å². The zero-order valence-corrected chi connectivity index (χ0v) is 10.5. The first-order valence-corrected chi connectivity index (χ1v) is 6.22. The van der Waals surface area contributed by atoms with Gasteiger partial charge in [-0.05, 0) is 52.7 Å². The Kier molecular flexibility index (Phi) is 6.22. The van der Waals surface area contributed by atoms with Gasteiger partial charge < -0.3 is 15.0 Å². The van der Waals surface area contributed by atoms with Crippen molar-refractivity contribution < 1.29 is 4.74 Å². The molecule has 1 rings (SSSR count). The zero-order valence-electron chi connectivity index (χ0n) is 10.5. The maximum absolute atomic E-state index is 5.38. The Balaban J connectivity index is 2.07. The molecule has 1 aliphatic rings. The van der Waals surface area contributed by atoms with Crippen molar-refractivity contribution in [1.29, 1.82) is 0 Å². The SMILES string of the molecule is CCOCC(C)NCC1CCCN(C)C1. The summed E-state index contributed by atoms with van der Waals surface area (Å²) in [5.41, 5.74) is 0. The van der Waals surface area contributed by atoms with Gasteiger partial charge in [-0.25, -0.2) is 0 Å². The Morgan fingerprint density at radius 3 is 3.00 bits per heavy atom. The number of nitrogens with one attached hydrogen (secondary N) is 1. The van der Waals surface area contributed by atoms with E-state index in [0.717, 1.165) is 25.7 Å². The molecule has 15 heavy (non-hydrogen) atoms. The van der Waals surface area contributed by atoms with Crippen LogP contribution in [0.2, 0.25) is 0 Å². The number of hydrogen-bond donors (Lipinski definition) is 1. The van der Waals surface area contributed by atoms with Crippen molar-refractivity contribution in [2.45, 2.75) is 32.7 Å². The van der Waals surface area contributed by atoms with Crippen LogP contribution in [0.1, 0.15) is 26.7 Å². The topological polar surface area (TPSA) is 24.5 Å². The molecule has 1 fully saturated rings. The lowest BCUT2D eigenvalue weighted by Crippen LogP contribution is -2.41. The second-order valence-electron chi connectivity index (χ2n) is 4.74. The highest BCUT2D eigenvalue weighted by Crippen LogP contribution is 2.13. The third-order valence-corrected chi connectivity index (χ3v) is 3.05. The van der Waals surface area contributed by atoms with Gasteiger partial charge in [-0.3, -0.25) is 0 Å². The van der Waals surface area contributed by atoms with Crippen LogP contribution in [0, 0.1) is 5.92 Å². The van der Waals surface area contributed by atoms with Crippen molar-refractivity contribution in [2.75, 3.05) is 39.9 Å². The fourth-order valence-corrected chi connectivity index (χ4v) is 2.16. The number of nitrogens with zero attached hydrogens (tertiary/aromatic N) is 1. The highest BCUT2D eigenvalue weighted by molar-refractivity contribution is 4.73. The van der Waals surface area contributed by atoms with Crippen molar-refractivity contribution in [1.82, 2.24) is 10.2 Å². The molecule has 3 heteroatoms. The second kappa shape index (κ2) is 7.20. The number of piperidine rings is 1. The number of rotatable bonds is 6. The molecule has 1 N–H and O–H groups in total. The quantitative estimate of drug-likeness (QED) is 0.722. The number of ether oxygens (including phenoxy) is 1. The summed E-state index contributed by atoms with van der Waals surface area (Å²) in [5.74, 6) is 0.827. The lowest BCUT2D eigenvalue weighted by molar-refractivity contribution is 0.122. The molecule has 1 heterocycles. The monoisotopic (exact) mass is 214 g/mol. The lowest BCUT2D eigenvalue weighted by Gasteiger charge is -2.30. The second-order valence-corrected chi connectivity index (χ2v) is 4.74. The van der Waals surface area contributed by atoms with Crippen molar-refractivity contribution in [3.05, 3.63) is 0 Å². The molecule has 90 valence electrons. The van der Waals surface area contributed by atoms with Crippen LogP contribution in [0.4, 0.5) is 0 Å².